The number of methoxy groups -OCH3 is 1. The van der Waals surface area contributed by atoms with Gasteiger partial charge in [0.05, 0.1) is 7.11 Å². The molecule has 0 spiro atoms. The first-order valence-electron chi connectivity index (χ1n) is 9.11. The Morgan fingerprint density at radius 1 is 1.08 bits per heavy atom. The van der Waals surface area contributed by atoms with Gasteiger partial charge in [-0.3, -0.25) is 4.79 Å². The minimum atomic E-state index is -0.650. The number of amides is 2. The summed E-state index contributed by atoms with van der Waals surface area (Å²) < 4.78 is 10.1. The zero-order valence-electron chi connectivity index (χ0n) is 15.7. The fourth-order valence-electron chi connectivity index (χ4n) is 3.49. The van der Waals surface area contributed by atoms with Crippen LogP contribution in [0.1, 0.15) is 59.3 Å². The van der Waals surface area contributed by atoms with Gasteiger partial charge in [0.15, 0.2) is 0 Å². The van der Waals surface area contributed by atoms with Crippen molar-refractivity contribution in [3.63, 3.8) is 0 Å². The lowest BCUT2D eigenvalue weighted by molar-refractivity contribution is -0.161. The first kappa shape index (κ1) is 19.5. The Labute approximate surface area is 149 Å². The summed E-state index contributed by atoms with van der Waals surface area (Å²) >= 11 is 0. The second-order valence-corrected chi connectivity index (χ2v) is 7.88. The van der Waals surface area contributed by atoms with E-state index in [2.05, 4.69) is 5.32 Å². The Balaban J connectivity index is 2.09. The molecular formula is C18H30N2O5. The predicted octanol–water partition coefficient (Wildman–Crippen LogP) is 2.23. The number of nitrogens with one attached hydrogen (secondary N) is 1. The maximum atomic E-state index is 13.0. The molecule has 2 atom stereocenters. The highest BCUT2D eigenvalue weighted by Gasteiger charge is 2.43. The largest absolute Gasteiger partial charge is 0.467 e. The van der Waals surface area contributed by atoms with E-state index in [9.17, 15) is 14.4 Å². The highest BCUT2D eigenvalue weighted by Crippen LogP contribution is 2.30. The molecule has 7 nitrogen and oxygen atoms in total. The van der Waals surface area contributed by atoms with Crippen LogP contribution in [-0.2, 0) is 19.1 Å². The lowest BCUT2D eigenvalue weighted by Crippen LogP contribution is -2.62. The van der Waals surface area contributed by atoms with Crippen LogP contribution >= 0.6 is 0 Å². The SMILES string of the molecule is COC(=O)[C@@H]1CCN1C(=O)[C@H](NC(=O)OC(C)(C)C)C1CCCCC1. The van der Waals surface area contributed by atoms with E-state index in [0.717, 1.165) is 32.1 Å². The van der Waals surface area contributed by atoms with Crippen molar-refractivity contribution >= 4 is 18.0 Å². The number of hydrogen-bond donors (Lipinski definition) is 1. The van der Waals surface area contributed by atoms with E-state index in [-0.39, 0.29) is 11.8 Å². The Bertz CT molecular complexity index is 508. The highest BCUT2D eigenvalue weighted by molar-refractivity contribution is 5.91. The number of alkyl carbamates (subject to hydrolysis) is 1. The summed E-state index contributed by atoms with van der Waals surface area (Å²) in [6, 6.07) is -1.19. The van der Waals surface area contributed by atoms with Crippen LogP contribution in [0.15, 0.2) is 0 Å². The van der Waals surface area contributed by atoms with Crippen LogP contribution in [-0.4, -0.2) is 54.2 Å². The normalized spacial score (nSPS) is 22.6. The molecule has 0 aromatic heterocycles. The standard InChI is InChI=1S/C18H30N2O5/c1-18(2,3)25-17(23)19-14(12-8-6-5-7-9-12)15(21)20-11-10-13(20)16(22)24-4/h12-14H,5-11H2,1-4H3,(H,19,23)/t13-,14+/m0/s1. The van der Waals surface area contributed by atoms with Gasteiger partial charge in [0, 0.05) is 6.54 Å². The molecule has 1 N–H and O–H groups in total. The van der Waals surface area contributed by atoms with Gasteiger partial charge in [-0.1, -0.05) is 19.3 Å². The van der Waals surface area contributed by atoms with Crippen molar-refractivity contribution in [3.05, 3.63) is 0 Å². The van der Waals surface area contributed by atoms with Crippen molar-refractivity contribution in [2.24, 2.45) is 5.92 Å². The van der Waals surface area contributed by atoms with Crippen LogP contribution in [0, 0.1) is 5.92 Å². The lowest BCUT2D eigenvalue weighted by atomic mass is 9.82. The number of likely N-dealkylation sites (tertiary alicyclic amines) is 1. The lowest BCUT2D eigenvalue weighted by Gasteiger charge is -2.42. The van der Waals surface area contributed by atoms with Crippen LogP contribution in [0.25, 0.3) is 0 Å². The van der Waals surface area contributed by atoms with Crippen LogP contribution < -0.4 is 5.32 Å². The molecule has 2 aliphatic rings. The van der Waals surface area contributed by atoms with E-state index in [1.807, 2.05) is 0 Å². The van der Waals surface area contributed by atoms with Gasteiger partial charge in [-0.15, -0.1) is 0 Å². The van der Waals surface area contributed by atoms with Crippen molar-refractivity contribution in [1.82, 2.24) is 10.2 Å². The van der Waals surface area contributed by atoms with Gasteiger partial charge in [0.1, 0.15) is 17.7 Å². The van der Waals surface area contributed by atoms with Gasteiger partial charge in [-0.05, 0) is 46.0 Å². The molecule has 25 heavy (non-hydrogen) atoms. The smallest absolute Gasteiger partial charge is 0.408 e. The average molecular weight is 354 g/mol. The van der Waals surface area contributed by atoms with Gasteiger partial charge in [-0.25, -0.2) is 9.59 Å². The van der Waals surface area contributed by atoms with Gasteiger partial charge >= 0.3 is 12.1 Å². The summed E-state index contributed by atoms with van der Waals surface area (Å²) in [7, 11) is 1.32. The summed E-state index contributed by atoms with van der Waals surface area (Å²) in [5, 5.41) is 2.77. The molecule has 2 fully saturated rings. The third-order valence-corrected chi connectivity index (χ3v) is 4.84. The Kier molecular flexibility index (Phi) is 6.30. The number of esters is 1. The zero-order chi connectivity index (χ0) is 18.6. The predicted molar refractivity (Wildman–Crippen MR) is 91.9 cm³/mol. The number of ether oxygens (including phenoxy) is 2. The molecule has 0 radical (unpaired) electrons. The Morgan fingerprint density at radius 3 is 2.20 bits per heavy atom. The summed E-state index contributed by atoms with van der Waals surface area (Å²) in [4.78, 5) is 38.5. The highest BCUT2D eigenvalue weighted by atomic mass is 16.6. The maximum Gasteiger partial charge on any atom is 0.408 e. The number of nitrogens with zero attached hydrogens (tertiary/aromatic N) is 1. The van der Waals surface area contributed by atoms with Crippen LogP contribution in [0.5, 0.6) is 0 Å². The van der Waals surface area contributed by atoms with E-state index < -0.39 is 29.7 Å². The minimum absolute atomic E-state index is 0.0765. The molecule has 0 unspecified atom stereocenters. The Morgan fingerprint density at radius 2 is 1.72 bits per heavy atom. The van der Waals surface area contributed by atoms with E-state index in [4.69, 9.17) is 9.47 Å². The molecule has 0 bridgehead atoms. The molecule has 1 heterocycles. The fourth-order valence-corrected chi connectivity index (χ4v) is 3.49. The average Bonchev–Trinajstić information content (AvgIpc) is 2.50. The number of hydrogen-bond acceptors (Lipinski definition) is 5. The molecule has 1 aliphatic carbocycles. The van der Waals surface area contributed by atoms with Crippen molar-refractivity contribution in [2.75, 3.05) is 13.7 Å². The van der Waals surface area contributed by atoms with Crippen LogP contribution in [0.3, 0.4) is 0 Å². The van der Waals surface area contributed by atoms with E-state index in [0.29, 0.717) is 13.0 Å². The van der Waals surface area contributed by atoms with Crippen LogP contribution in [0.2, 0.25) is 0 Å². The maximum absolute atomic E-state index is 13.0. The molecule has 0 aromatic carbocycles. The van der Waals surface area contributed by atoms with Crippen molar-refractivity contribution in [1.29, 1.82) is 0 Å². The van der Waals surface area contributed by atoms with Gasteiger partial charge in [0.25, 0.3) is 0 Å². The van der Waals surface area contributed by atoms with Gasteiger partial charge in [-0.2, -0.15) is 0 Å². The summed E-state index contributed by atoms with van der Waals surface area (Å²) in [6.07, 6.45) is 5.04. The van der Waals surface area contributed by atoms with Crippen molar-refractivity contribution < 1.29 is 23.9 Å². The first-order chi connectivity index (χ1) is 11.7. The third-order valence-electron chi connectivity index (χ3n) is 4.84. The molecule has 2 rings (SSSR count). The van der Waals surface area contributed by atoms with Crippen molar-refractivity contribution in [2.45, 2.75) is 77.0 Å². The molecule has 1 aliphatic heterocycles. The zero-order valence-corrected chi connectivity index (χ0v) is 15.7. The molecule has 2 amide bonds. The molecule has 142 valence electrons. The van der Waals surface area contributed by atoms with E-state index in [1.165, 1.54) is 12.0 Å². The Hall–Kier alpha value is -1.79. The monoisotopic (exact) mass is 354 g/mol. The molecular weight excluding hydrogens is 324 g/mol. The summed E-state index contributed by atoms with van der Waals surface area (Å²) in [5.74, 6) is -0.536. The molecule has 7 heteroatoms. The molecule has 1 saturated heterocycles. The molecule has 1 saturated carbocycles. The number of carbonyl (C=O) groups is 3. The fraction of sp³-hybridized carbons (Fsp3) is 0.833. The summed E-state index contributed by atoms with van der Waals surface area (Å²) in [6.45, 7) is 5.87. The van der Waals surface area contributed by atoms with Crippen LogP contribution in [0.4, 0.5) is 4.79 Å². The third kappa shape index (κ3) is 5.09. The summed E-state index contributed by atoms with van der Waals surface area (Å²) in [5.41, 5.74) is -0.629. The van der Waals surface area contributed by atoms with Crippen molar-refractivity contribution in [3.8, 4) is 0 Å². The van der Waals surface area contributed by atoms with Gasteiger partial charge in [0.2, 0.25) is 5.91 Å². The quantitative estimate of drug-likeness (QED) is 0.783. The topological polar surface area (TPSA) is 84.9 Å². The number of rotatable bonds is 4. The van der Waals surface area contributed by atoms with E-state index in [1.54, 1.807) is 20.8 Å². The molecule has 0 aromatic rings. The second-order valence-electron chi connectivity index (χ2n) is 7.88. The van der Waals surface area contributed by atoms with Gasteiger partial charge < -0.3 is 19.7 Å². The first-order valence-corrected chi connectivity index (χ1v) is 9.11. The minimum Gasteiger partial charge on any atom is -0.467 e. The second kappa shape index (κ2) is 8.06. The number of carbonyl (C=O) groups excluding carboxylic acids is 3. The van der Waals surface area contributed by atoms with E-state index >= 15 is 0 Å².